The minimum Gasteiger partial charge on any atom is -0.472 e. The van der Waals surface area contributed by atoms with E-state index in [1.165, 1.54) is 19.0 Å². The van der Waals surface area contributed by atoms with Crippen LogP contribution in [0.15, 0.2) is 55.8 Å². The summed E-state index contributed by atoms with van der Waals surface area (Å²) >= 11 is 5.39. The molecule has 3 aromatic heterocycles. The molecule has 3 aromatic rings. The van der Waals surface area contributed by atoms with Crippen LogP contribution in [-0.4, -0.2) is 118 Å². The van der Waals surface area contributed by atoms with E-state index in [0.717, 1.165) is 0 Å². The summed E-state index contributed by atoms with van der Waals surface area (Å²) in [4.78, 5) is 32.2. The average molecular weight is 697 g/mol. The van der Waals surface area contributed by atoms with Crippen LogP contribution in [0.5, 0.6) is 11.8 Å². The lowest BCUT2D eigenvalue weighted by molar-refractivity contribution is -0.156. The summed E-state index contributed by atoms with van der Waals surface area (Å²) < 4.78 is 62.3. The van der Waals surface area contributed by atoms with Gasteiger partial charge in [-0.3, -0.25) is 13.9 Å². The van der Waals surface area contributed by atoms with Crippen molar-refractivity contribution in [3.63, 3.8) is 0 Å². The number of aliphatic hydroxyl groups is 1. The third-order valence-corrected chi connectivity index (χ3v) is 4.10. The molecule has 0 unspecified atom stereocenters. The Morgan fingerprint density at radius 3 is 1.46 bits per heavy atom. The van der Waals surface area contributed by atoms with Crippen LogP contribution in [0.25, 0.3) is 0 Å². The van der Waals surface area contributed by atoms with Crippen molar-refractivity contribution < 1.29 is 55.8 Å². The topological polar surface area (TPSA) is 245 Å². The van der Waals surface area contributed by atoms with Crippen LogP contribution < -0.4 is 9.47 Å². The molecule has 0 radical (unpaired) electrons. The summed E-state index contributed by atoms with van der Waals surface area (Å²) in [5.74, 6) is 0.941. The Balaban J connectivity index is 0. The summed E-state index contributed by atoms with van der Waals surface area (Å²) in [6.07, 6.45) is 8.87. The van der Waals surface area contributed by atoms with E-state index >= 15 is 0 Å². The fourth-order valence-electron chi connectivity index (χ4n) is 2.32. The third-order valence-electron chi connectivity index (χ3n) is 3.88. The molecule has 0 saturated heterocycles. The number of hydrogen-bond donors (Lipinski definition) is 3. The molecule has 46 heavy (non-hydrogen) atoms. The number of aldehydes is 1. The standard InChI is InChI=1S/C10H16N2O3.C6H6N2O2.C6H14O3.C4H3ClN2.H2O4S/c1-3-13-10(14-4-2)7-15-9-5-6-11-8-12-9;9-3-4-10-6-1-2-7-5-8-6;1-3-8-6(5-7)9-4-2;5-4-1-2-6-3-7-4;1-5(2,3)4/h5-6,8,10H,3-4,7H2,1-2H3;1-3,5H,4H2;6-7H,3-5H2,1-2H3;1-3H;(H2,1,2,3,4). The highest BCUT2D eigenvalue weighted by Gasteiger charge is 2.08. The molecule has 0 aliphatic carbocycles. The van der Waals surface area contributed by atoms with Gasteiger partial charge in [-0.05, 0) is 33.8 Å². The van der Waals surface area contributed by atoms with Crippen molar-refractivity contribution in [3.8, 4) is 11.8 Å². The van der Waals surface area contributed by atoms with Gasteiger partial charge in [0.15, 0.2) is 18.9 Å². The zero-order valence-electron chi connectivity index (χ0n) is 25.9. The van der Waals surface area contributed by atoms with Gasteiger partial charge in [0.1, 0.15) is 37.3 Å². The number of carbonyl (C=O) groups is 1. The van der Waals surface area contributed by atoms with Gasteiger partial charge < -0.3 is 33.5 Å². The van der Waals surface area contributed by atoms with Gasteiger partial charge >= 0.3 is 10.4 Å². The van der Waals surface area contributed by atoms with Crippen molar-refractivity contribution in [2.24, 2.45) is 0 Å². The van der Waals surface area contributed by atoms with Crippen LogP contribution in [0, 0.1) is 0 Å². The highest BCUT2D eigenvalue weighted by Crippen LogP contribution is 2.04. The van der Waals surface area contributed by atoms with Gasteiger partial charge in [-0.25, -0.2) is 29.9 Å². The van der Waals surface area contributed by atoms with Crippen LogP contribution in [0.2, 0.25) is 5.15 Å². The molecular weight excluding hydrogens is 656 g/mol. The molecule has 0 fully saturated rings. The first kappa shape index (κ1) is 44.6. The number of carbonyl (C=O) groups excluding carboxylic acids is 1. The van der Waals surface area contributed by atoms with Gasteiger partial charge in [0, 0.05) is 57.2 Å². The molecule has 0 bridgehead atoms. The van der Waals surface area contributed by atoms with Gasteiger partial charge in [0.2, 0.25) is 11.8 Å². The zero-order chi connectivity index (χ0) is 34.9. The monoisotopic (exact) mass is 696 g/mol. The molecule has 0 amide bonds. The zero-order valence-corrected chi connectivity index (χ0v) is 27.4. The molecule has 260 valence electrons. The molecule has 0 aromatic carbocycles. The van der Waals surface area contributed by atoms with Crippen molar-refractivity contribution in [3.05, 3.63) is 60.9 Å². The molecule has 0 saturated carbocycles. The highest BCUT2D eigenvalue weighted by atomic mass is 35.5. The molecule has 0 spiro atoms. The van der Waals surface area contributed by atoms with Crippen molar-refractivity contribution in [2.45, 2.75) is 40.3 Å². The fraction of sp³-hybridized carbons (Fsp3) is 0.500. The maximum atomic E-state index is 9.81. The lowest BCUT2D eigenvalue weighted by atomic mass is 10.6. The number of halogens is 1. The maximum Gasteiger partial charge on any atom is 0.394 e. The van der Waals surface area contributed by atoms with E-state index in [9.17, 15) is 4.79 Å². The molecule has 3 rings (SSSR count). The predicted octanol–water partition coefficient (Wildman–Crippen LogP) is 2.16. The van der Waals surface area contributed by atoms with E-state index < -0.39 is 16.7 Å². The fourth-order valence-corrected chi connectivity index (χ4v) is 2.42. The van der Waals surface area contributed by atoms with Gasteiger partial charge in [0.05, 0.1) is 6.61 Å². The van der Waals surface area contributed by atoms with E-state index in [0.29, 0.717) is 56.2 Å². The van der Waals surface area contributed by atoms with Gasteiger partial charge in [-0.2, -0.15) is 8.42 Å². The Labute approximate surface area is 273 Å². The van der Waals surface area contributed by atoms with Crippen molar-refractivity contribution in [1.29, 1.82) is 0 Å². The molecule has 0 atom stereocenters. The number of hydrogen-bond acceptors (Lipinski definition) is 16. The summed E-state index contributed by atoms with van der Waals surface area (Å²) in [6.45, 7) is 10.2. The summed E-state index contributed by atoms with van der Waals surface area (Å²) in [7, 11) is -4.67. The molecule has 0 aliphatic rings. The van der Waals surface area contributed by atoms with Gasteiger partial charge in [-0.15, -0.1) is 0 Å². The van der Waals surface area contributed by atoms with Crippen LogP contribution in [0.1, 0.15) is 27.7 Å². The Hall–Kier alpha value is -3.53. The molecular formula is C26H41ClN6O12S. The Morgan fingerprint density at radius 1 is 0.739 bits per heavy atom. The van der Waals surface area contributed by atoms with Crippen LogP contribution in [0.3, 0.4) is 0 Å². The van der Waals surface area contributed by atoms with Crippen molar-refractivity contribution >= 4 is 28.3 Å². The SMILES string of the molecule is CCOC(CO)OCC.CCOC(COc1ccncn1)OCC.Clc1ccncn1.O=CCOc1ccncn1.O=S(=O)(O)O. The minimum atomic E-state index is -4.67. The van der Waals surface area contributed by atoms with Gasteiger partial charge in [-0.1, -0.05) is 11.6 Å². The first-order valence-electron chi connectivity index (χ1n) is 13.4. The largest absolute Gasteiger partial charge is 0.472 e. The van der Waals surface area contributed by atoms with Crippen LogP contribution in [0.4, 0.5) is 0 Å². The lowest BCUT2D eigenvalue weighted by Gasteiger charge is -2.16. The Morgan fingerprint density at radius 2 is 1.15 bits per heavy atom. The smallest absolute Gasteiger partial charge is 0.394 e. The maximum absolute atomic E-state index is 9.81. The summed E-state index contributed by atoms with van der Waals surface area (Å²) in [5, 5.41) is 9.02. The average Bonchev–Trinajstić information content (AvgIpc) is 3.04. The molecule has 0 aliphatic heterocycles. The number of rotatable bonds is 15. The second kappa shape index (κ2) is 31.5. The van der Waals surface area contributed by atoms with Crippen molar-refractivity contribution in [2.75, 3.05) is 46.2 Å². The normalized spacial score (nSPS) is 10.0. The molecule has 20 heteroatoms. The number of nitrogens with zero attached hydrogens (tertiary/aromatic N) is 6. The van der Waals surface area contributed by atoms with E-state index in [1.807, 2.05) is 27.7 Å². The Bertz CT molecular complexity index is 1160. The van der Waals surface area contributed by atoms with E-state index in [-0.39, 0.29) is 19.5 Å². The quantitative estimate of drug-likeness (QED) is 0.0891. The Kier molecular flexibility index (Phi) is 30.5. The molecule has 3 N–H and O–H groups in total. The molecule has 3 heterocycles. The van der Waals surface area contributed by atoms with E-state index in [2.05, 4.69) is 29.9 Å². The van der Waals surface area contributed by atoms with E-state index in [1.54, 1.807) is 36.8 Å². The molecule has 18 nitrogen and oxygen atoms in total. The van der Waals surface area contributed by atoms with Gasteiger partial charge in [0.25, 0.3) is 0 Å². The number of aromatic nitrogens is 6. The third kappa shape index (κ3) is 33.4. The minimum absolute atomic E-state index is 0.0387. The summed E-state index contributed by atoms with van der Waals surface area (Å²) in [6, 6.07) is 4.90. The number of ether oxygens (including phenoxy) is 6. The van der Waals surface area contributed by atoms with Crippen molar-refractivity contribution in [1.82, 2.24) is 29.9 Å². The summed E-state index contributed by atoms with van der Waals surface area (Å²) in [5.41, 5.74) is 0. The lowest BCUT2D eigenvalue weighted by Crippen LogP contribution is -2.25. The van der Waals surface area contributed by atoms with Crippen LogP contribution >= 0.6 is 11.6 Å². The first-order chi connectivity index (χ1) is 22.0. The number of aliphatic hydroxyl groups excluding tert-OH is 1. The predicted molar refractivity (Wildman–Crippen MR) is 164 cm³/mol. The highest BCUT2D eigenvalue weighted by molar-refractivity contribution is 7.79. The van der Waals surface area contributed by atoms with Crippen LogP contribution in [-0.2, 0) is 34.1 Å². The second-order valence-electron chi connectivity index (χ2n) is 7.23. The van der Waals surface area contributed by atoms with E-state index in [4.69, 9.17) is 62.7 Å². The second-order valence-corrected chi connectivity index (χ2v) is 8.51. The first-order valence-corrected chi connectivity index (χ1v) is 15.2.